The predicted octanol–water partition coefficient (Wildman–Crippen LogP) is 5.27. The molecule has 3 amide bonds. The minimum Gasteiger partial charge on any atom is -0.508 e. The van der Waals surface area contributed by atoms with Crippen molar-refractivity contribution in [2.24, 2.45) is 0 Å². The average molecular weight is 598 g/mol. The zero-order chi connectivity index (χ0) is 30.2. The van der Waals surface area contributed by atoms with Crippen LogP contribution in [0.4, 0.5) is 11.4 Å². The van der Waals surface area contributed by atoms with Crippen LogP contribution in [0.2, 0.25) is 0 Å². The van der Waals surface area contributed by atoms with Gasteiger partial charge >= 0.3 is 0 Å². The Hall–Kier alpha value is -5.42. The molecule has 0 fully saturated rings. The SMILES string of the molecule is COc1cc(O)ccc1/C=C(/NC(=O)c1ccccc1)C(=O)Nc1cccc(SCC(=O)Nc2ccc3c(c2)OCO3)c1. The molecule has 0 saturated carbocycles. The topological polar surface area (TPSA) is 135 Å². The van der Waals surface area contributed by atoms with Gasteiger partial charge in [-0.25, -0.2) is 0 Å². The van der Waals surface area contributed by atoms with E-state index in [1.165, 1.54) is 37.1 Å². The van der Waals surface area contributed by atoms with E-state index in [1.54, 1.807) is 72.8 Å². The van der Waals surface area contributed by atoms with E-state index in [0.717, 1.165) is 4.90 Å². The van der Waals surface area contributed by atoms with Crippen molar-refractivity contribution in [3.63, 3.8) is 0 Å². The molecule has 0 radical (unpaired) electrons. The van der Waals surface area contributed by atoms with E-state index in [9.17, 15) is 19.5 Å². The minimum absolute atomic E-state index is 0.00721. The fourth-order valence-electron chi connectivity index (χ4n) is 4.10. The standard InChI is InChI=1S/C32H27N3O7S/c1-40-28-17-24(36)12-10-21(28)14-26(35-31(38)20-6-3-2-4-7-20)32(39)34-22-8-5-9-25(15-22)43-18-30(37)33-23-11-13-27-29(16-23)42-19-41-27/h2-17,36H,18-19H2,1H3,(H,33,37)(H,34,39)(H,35,38)/b26-14+. The molecule has 0 spiro atoms. The summed E-state index contributed by atoms with van der Waals surface area (Å²) in [5.74, 6) is 0.376. The Morgan fingerprint density at radius 3 is 2.49 bits per heavy atom. The van der Waals surface area contributed by atoms with E-state index in [4.69, 9.17) is 14.2 Å². The first-order chi connectivity index (χ1) is 20.9. The summed E-state index contributed by atoms with van der Waals surface area (Å²) in [4.78, 5) is 39.7. The number of carbonyl (C=O) groups excluding carboxylic acids is 3. The lowest BCUT2D eigenvalue weighted by atomic mass is 10.1. The Balaban J connectivity index is 1.28. The van der Waals surface area contributed by atoms with Gasteiger partial charge in [-0.1, -0.05) is 24.3 Å². The van der Waals surface area contributed by atoms with Gasteiger partial charge in [0.15, 0.2) is 11.5 Å². The van der Waals surface area contributed by atoms with Gasteiger partial charge in [-0.2, -0.15) is 0 Å². The van der Waals surface area contributed by atoms with E-state index < -0.39 is 11.8 Å². The second kappa shape index (κ2) is 13.5. The summed E-state index contributed by atoms with van der Waals surface area (Å²) in [5, 5.41) is 18.1. The number of benzene rings is 4. The molecule has 4 aromatic rings. The molecular formula is C32H27N3O7S. The normalized spacial score (nSPS) is 11.9. The third-order valence-electron chi connectivity index (χ3n) is 6.16. The smallest absolute Gasteiger partial charge is 0.272 e. The zero-order valence-corrected chi connectivity index (χ0v) is 23.8. The first-order valence-corrected chi connectivity index (χ1v) is 14.1. The van der Waals surface area contributed by atoms with Crippen molar-refractivity contribution in [1.82, 2.24) is 5.32 Å². The van der Waals surface area contributed by atoms with Gasteiger partial charge < -0.3 is 35.3 Å². The minimum atomic E-state index is -0.581. The molecular weight excluding hydrogens is 570 g/mol. The van der Waals surface area contributed by atoms with Gasteiger partial charge in [0, 0.05) is 39.5 Å². The molecule has 0 atom stereocenters. The van der Waals surface area contributed by atoms with Gasteiger partial charge in [-0.3, -0.25) is 14.4 Å². The van der Waals surface area contributed by atoms with Gasteiger partial charge in [-0.05, 0) is 60.7 Å². The van der Waals surface area contributed by atoms with Crippen LogP contribution in [0.15, 0.2) is 102 Å². The van der Waals surface area contributed by atoms with Crippen LogP contribution in [0.1, 0.15) is 15.9 Å². The lowest BCUT2D eigenvalue weighted by Crippen LogP contribution is -2.30. The summed E-state index contributed by atoms with van der Waals surface area (Å²) in [6, 6.07) is 25.1. The maximum atomic E-state index is 13.4. The number of nitrogens with one attached hydrogen (secondary N) is 3. The molecule has 218 valence electrons. The van der Waals surface area contributed by atoms with Gasteiger partial charge in [0.25, 0.3) is 11.8 Å². The number of aromatic hydroxyl groups is 1. The Bertz CT molecular complexity index is 1690. The van der Waals surface area contributed by atoms with Crippen LogP contribution in [-0.2, 0) is 9.59 Å². The number of amides is 3. The molecule has 0 unspecified atom stereocenters. The van der Waals surface area contributed by atoms with Gasteiger partial charge in [-0.15, -0.1) is 11.8 Å². The molecule has 43 heavy (non-hydrogen) atoms. The van der Waals surface area contributed by atoms with E-state index in [0.29, 0.717) is 39.8 Å². The number of methoxy groups -OCH3 is 1. The van der Waals surface area contributed by atoms with Crippen LogP contribution in [0, 0.1) is 0 Å². The molecule has 4 aromatic carbocycles. The van der Waals surface area contributed by atoms with Crippen molar-refractivity contribution < 1.29 is 33.7 Å². The highest BCUT2D eigenvalue weighted by Gasteiger charge is 2.17. The molecule has 1 heterocycles. The fourth-order valence-corrected chi connectivity index (χ4v) is 4.85. The number of phenols is 1. The van der Waals surface area contributed by atoms with Gasteiger partial charge in [0.05, 0.1) is 12.9 Å². The van der Waals surface area contributed by atoms with E-state index in [2.05, 4.69) is 16.0 Å². The lowest BCUT2D eigenvalue weighted by Gasteiger charge is -2.13. The second-order valence-corrected chi connectivity index (χ2v) is 10.2. The van der Waals surface area contributed by atoms with E-state index in [1.807, 2.05) is 6.07 Å². The highest BCUT2D eigenvalue weighted by Crippen LogP contribution is 2.34. The number of phenolic OH excluding ortho intramolecular Hbond substituents is 1. The maximum Gasteiger partial charge on any atom is 0.272 e. The summed E-state index contributed by atoms with van der Waals surface area (Å²) >= 11 is 1.30. The number of ether oxygens (including phenoxy) is 3. The van der Waals surface area contributed by atoms with Crippen LogP contribution < -0.4 is 30.2 Å². The molecule has 10 nitrogen and oxygen atoms in total. The third kappa shape index (κ3) is 7.66. The van der Waals surface area contributed by atoms with Crippen LogP contribution in [-0.4, -0.2) is 42.5 Å². The lowest BCUT2D eigenvalue weighted by molar-refractivity contribution is -0.114. The summed E-state index contributed by atoms with van der Waals surface area (Å²) in [6.07, 6.45) is 1.47. The Morgan fingerprint density at radius 2 is 1.67 bits per heavy atom. The Morgan fingerprint density at radius 1 is 0.884 bits per heavy atom. The molecule has 1 aliphatic heterocycles. The number of hydrogen-bond donors (Lipinski definition) is 4. The zero-order valence-electron chi connectivity index (χ0n) is 23.0. The van der Waals surface area contributed by atoms with Crippen LogP contribution in [0.5, 0.6) is 23.0 Å². The molecule has 4 N–H and O–H groups in total. The molecule has 1 aliphatic rings. The Labute approximate surface area is 251 Å². The molecule has 5 rings (SSSR count). The summed E-state index contributed by atoms with van der Waals surface area (Å²) in [7, 11) is 1.44. The van der Waals surface area contributed by atoms with Crippen LogP contribution >= 0.6 is 11.8 Å². The monoisotopic (exact) mass is 597 g/mol. The number of fused-ring (bicyclic) bond motifs is 1. The molecule has 0 aromatic heterocycles. The van der Waals surface area contributed by atoms with Crippen LogP contribution in [0.3, 0.4) is 0 Å². The first kappa shape index (κ1) is 29.1. The molecule has 0 bridgehead atoms. The van der Waals surface area contributed by atoms with E-state index >= 15 is 0 Å². The summed E-state index contributed by atoms with van der Waals surface area (Å²) in [5.41, 5.74) is 1.86. The third-order valence-corrected chi connectivity index (χ3v) is 7.16. The van der Waals surface area contributed by atoms with Gasteiger partial charge in [0.2, 0.25) is 12.7 Å². The molecule has 11 heteroatoms. The quantitative estimate of drug-likeness (QED) is 0.143. The second-order valence-electron chi connectivity index (χ2n) is 9.19. The maximum absolute atomic E-state index is 13.4. The van der Waals surface area contributed by atoms with Crippen LogP contribution in [0.25, 0.3) is 6.08 Å². The molecule has 0 aliphatic carbocycles. The molecule has 0 saturated heterocycles. The number of hydrogen-bond acceptors (Lipinski definition) is 8. The van der Waals surface area contributed by atoms with E-state index in [-0.39, 0.29) is 29.9 Å². The van der Waals surface area contributed by atoms with Crippen molar-refractivity contribution in [2.75, 3.05) is 30.3 Å². The number of rotatable bonds is 10. The van der Waals surface area contributed by atoms with Crippen molar-refractivity contribution in [3.05, 3.63) is 108 Å². The Kier molecular flexibility index (Phi) is 9.13. The largest absolute Gasteiger partial charge is 0.508 e. The van der Waals surface area contributed by atoms with Crippen molar-refractivity contribution in [1.29, 1.82) is 0 Å². The highest BCUT2D eigenvalue weighted by atomic mass is 32.2. The summed E-state index contributed by atoms with van der Waals surface area (Å²) in [6.45, 7) is 0.150. The highest BCUT2D eigenvalue weighted by molar-refractivity contribution is 8.00. The fraction of sp³-hybridized carbons (Fsp3) is 0.0938. The number of thioether (sulfide) groups is 1. The number of carbonyl (C=O) groups is 3. The van der Waals surface area contributed by atoms with Crippen molar-refractivity contribution in [3.8, 4) is 23.0 Å². The van der Waals surface area contributed by atoms with Gasteiger partial charge in [0.1, 0.15) is 17.2 Å². The summed E-state index contributed by atoms with van der Waals surface area (Å²) < 4.78 is 16.0. The van der Waals surface area contributed by atoms with Crippen molar-refractivity contribution in [2.45, 2.75) is 4.90 Å². The number of anilines is 2. The van der Waals surface area contributed by atoms with Crippen molar-refractivity contribution >= 4 is 46.9 Å². The first-order valence-electron chi connectivity index (χ1n) is 13.1. The average Bonchev–Trinajstić information content (AvgIpc) is 3.49. The predicted molar refractivity (Wildman–Crippen MR) is 164 cm³/mol.